The van der Waals surface area contributed by atoms with E-state index in [1.165, 1.54) is 51.1 Å². The molecule has 0 amide bonds. The van der Waals surface area contributed by atoms with Gasteiger partial charge in [-0.2, -0.15) is 0 Å². The largest absolute Gasteiger partial charge is 0.376 e. The molecule has 6 saturated carbocycles. The lowest BCUT2D eigenvalue weighted by molar-refractivity contribution is -0.00471. The molecule has 13 atom stereocenters. The Morgan fingerprint density at radius 2 is 1.15 bits per heavy atom. The topological polar surface area (TPSA) is 12.5 Å². The van der Waals surface area contributed by atoms with E-state index in [1.54, 1.807) is 83.1 Å². The number of likely N-dealkylation sites (tertiary alicyclic amines) is 1. The Morgan fingerprint density at radius 1 is 0.604 bits per heavy atom. The van der Waals surface area contributed by atoms with Crippen LogP contribution >= 0.6 is 0 Å². The van der Waals surface area contributed by atoms with Gasteiger partial charge in [0, 0.05) is 18.7 Å². The molecule has 0 radical (unpaired) electrons. The third-order valence-corrected chi connectivity index (χ3v) is 24.0. The lowest BCUT2D eigenvalue weighted by atomic mass is 9.73. The SMILES string of the molecule is CC1CCC2C(C1)C1C(C3CCCCC3C1[Si](C)(CCCCCCOC(C)(C)C)C1C3CCCCC3C3CCCCC31)N2C[Si](C)(C)C. The minimum Gasteiger partial charge on any atom is -0.376 e. The third kappa shape index (κ3) is 7.17. The van der Waals surface area contributed by atoms with E-state index >= 15 is 0 Å². The number of unbranched alkanes of at least 4 members (excludes halogenated alkanes) is 3. The zero-order chi connectivity index (χ0) is 33.8. The van der Waals surface area contributed by atoms with Crippen molar-refractivity contribution in [2.75, 3.05) is 12.8 Å². The highest BCUT2D eigenvalue weighted by atomic mass is 28.3. The molecule has 1 saturated heterocycles. The summed E-state index contributed by atoms with van der Waals surface area (Å²) in [6.45, 7) is 21.5. The van der Waals surface area contributed by atoms with Crippen molar-refractivity contribution in [1.82, 2.24) is 4.90 Å². The molecule has 7 fully saturated rings. The Hall–Kier alpha value is 0.354. The molecular weight excluding hydrogens is 615 g/mol. The predicted octanol–water partition coefficient (Wildman–Crippen LogP) is 12.6. The first-order valence-corrected chi connectivity index (χ1v) is 28.8. The zero-order valence-electron chi connectivity index (χ0n) is 33.4. The highest BCUT2D eigenvalue weighted by Gasteiger charge is 2.69. The van der Waals surface area contributed by atoms with Crippen molar-refractivity contribution in [2.24, 2.45) is 53.3 Å². The van der Waals surface area contributed by atoms with Gasteiger partial charge in [-0.1, -0.05) is 116 Å². The van der Waals surface area contributed by atoms with Crippen LogP contribution in [0.3, 0.4) is 0 Å². The number of fused-ring (bicyclic) bond motifs is 8. The van der Waals surface area contributed by atoms with E-state index in [0.717, 1.165) is 83.0 Å². The Bertz CT molecular complexity index is 1040. The van der Waals surface area contributed by atoms with Gasteiger partial charge < -0.3 is 4.74 Å². The van der Waals surface area contributed by atoms with E-state index in [2.05, 4.69) is 58.8 Å². The van der Waals surface area contributed by atoms with Gasteiger partial charge in [-0.15, -0.1) is 0 Å². The van der Waals surface area contributed by atoms with Gasteiger partial charge in [-0.3, -0.25) is 4.90 Å². The van der Waals surface area contributed by atoms with Crippen LogP contribution in [0.25, 0.3) is 0 Å². The molecule has 4 heteroatoms. The first-order chi connectivity index (χ1) is 22.9. The highest BCUT2D eigenvalue weighted by molar-refractivity contribution is 6.82. The van der Waals surface area contributed by atoms with Gasteiger partial charge in [0.2, 0.25) is 0 Å². The molecule has 0 spiro atoms. The molecule has 2 nitrogen and oxygen atoms in total. The summed E-state index contributed by atoms with van der Waals surface area (Å²) < 4.78 is 6.17. The van der Waals surface area contributed by atoms with Crippen LogP contribution in [-0.2, 0) is 4.74 Å². The molecule has 7 rings (SSSR count). The van der Waals surface area contributed by atoms with E-state index in [0.29, 0.717) is 0 Å². The quantitative estimate of drug-likeness (QED) is 0.158. The van der Waals surface area contributed by atoms with Gasteiger partial charge in [0.15, 0.2) is 0 Å². The molecule has 48 heavy (non-hydrogen) atoms. The van der Waals surface area contributed by atoms with Crippen molar-refractivity contribution >= 4 is 16.1 Å². The second kappa shape index (κ2) is 14.6. The van der Waals surface area contributed by atoms with Crippen molar-refractivity contribution in [1.29, 1.82) is 0 Å². The number of ether oxygens (including phenoxy) is 1. The van der Waals surface area contributed by atoms with Crippen LogP contribution in [0, 0.1) is 53.3 Å². The van der Waals surface area contributed by atoms with Crippen LogP contribution < -0.4 is 0 Å². The van der Waals surface area contributed by atoms with E-state index in [1.807, 2.05) is 0 Å². The van der Waals surface area contributed by atoms with Gasteiger partial charge in [-0.05, 0) is 136 Å². The molecule has 13 unspecified atom stereocenters. The number of hydrogen-bond donors (Lipinski definition) is 0. The summed E-state index contributed by atoms with van der Waals surface area (Å²) >= 11 is 0. The molecule has 0 aromatic rings. The standard InChI is InChI=1S/C44H81NOSi2/c1-31-25-26-39-38(29-31)40-41(45(39)30-47(5,6)7)34-21-13-16-24-37(34)43(40)48(8,28-18-10-9-17-27-46-44(2,3)4)42-35-22-14-11-19-32(35)33-20-12-15-23-36(33)42/h31-43H,9-30H2,1-8H3. The number of hydrogen-bond acceptors (Lipinski definition) is 2. The monoisotopic (exact) mass is 696 g/mol. The minimum atomic E-state index is -1.63. The molecule has 6 aliphatic carbocycles. The maximum atomic E-state index is 6.17. The fourth-order valence-electron chi connectivity index (χ4n) is 15.5. The summed E-state index contributed by atoms with van der Waals surface area (Å²) in [6, 6.07) is 3.57. The van der Waals surface area contributed by atoms with Crippen molar-refractivity contribution in [3.8, 4) is 0 Å². The van der Waals surface area contributed by atoms with Crippen LogP contribution in [0.2, 0.25) is 43.3 Å². The van der Waals surface area contributed by atoms with Crippen LogP contribution in [0.4, 0.5) is 0 Å². The van der Waals surface area contributed by atoms with Gasteiger partial charge >= 0.3 is 0 Å². The predicted molar refractivity (Wildman–Crippen MR) is 212 cm³/mol. The molecule has 0 aromatic heterocycles. The van der Waals surface area contributed by atoms with Crippen molar-refractivity contribution in [3.63, 3.8) is 0 Å². The first-order valence-electron chi connectivity index (χ1n) is 22.3. The van der Waals surface area contributed by atoms with E-state index in [4.69, 9.17) is 4.74 Å². The Morgan fingerprint density at radius 3 is 1.73 bits per heavy atom. The van der Waals surface area contributed by atoms with Gasteiger partial charge in [0.25, 0.3) is 0 Å². The molecule has 0 bridgehead atoms. The highest BCUT2D eigenvalue weighted by Crippen LogP contribution is 2.72. The molecule has 0 aromatic carbocycles. The summed E-state index contributed by atoms with van der Waals surface area (Å²) in [5.74, 6) is 9.63. The van der Waals surface area contributed by atoms with Crippen LogP contribution in [0.1, 0.15) is 150 Å². The number of rotatable bonds is 11. The molecule has 1 aliphatic heterocycles. The summed E-state index contributed by atoms with van der Waals surface area (Å²) in [6.07, 6.45) is 30.7. The fourth-order valence-corrected chi connectivity index (χ4v) is 24.7. The van der Waals surface area contributed by atoms with Gasteiger partial charge in [-0.25, -0.2) is 0 Å². The maximum absolute atomic E-state index is 6.17. The lowest BCUT2D eigenvalue weighted by Crippen LogP contribution is -2.52. The van der Waals surface area contributed by atoms with Crippen LogP contribution in [0.5, 0.6) is 0 Å². The molecule has 276 valence electrons. The maximum Gasteiger partial charge on any atom is 0.0599 e. The molecule has 7 aliphatic rings. The Balaban J connectivity index is 1.24. The molecule has 0 N–H and O–H groups in total. The normalized spacial score (nSPS) is 44.4. The summed E-state index contributed by atoms with van der Waals surface area (Å²) in [5, 5.41) is 0. The first kappa shape index (κ1) is 36.7. The smallest absolute Gasteiger partial charge is 0.0599 e. The van der Waals surface area contributed by atoms with E-state index in [9.17, 15) is 0 Å². The van der Waals surface area contributed by atoms with E-state index < -0.39 is 16.1 Å². The summed E-state index contributed by atoms with van der Waals surface area (Å²) in [7, 11) is -2.82. The zero-order valence-corrected chi connectivity index (χ0v) is 35.4. The molecular formula is C44H81NOSi2. The second-order valence-corrected chi connectivity index (χ2v) is 32.3. The average molecular weight is 696 g/mol. The third-order valence-electron chi connectivity index (χ3n) is 16.6. The second-order valence-electron chi connectivity index (χ2n) is 22.0. The summed E-state index contributed by atoms with van der Waals surface area (Å²) in [4.78, 5) is 3.35. The van der Waals surface area contributed by atoms with Crippen LogP contribution in [0.15, 0.2) is 0 Å². The van der Waals surface area contributed by atoms with E-state index in [-0.39, 0.29) is 5.60 Å². The van der Waals surface area contributed by atoms with Crippen LogP contribution in [-0.4, -0.2) is 51.5 Å². The average Bonchev–Trinajstić information content (AvgIpc) is 3.66. The van der Waals surface area contributed by atoms with Crippen molar-refractivity contribution < 1.29 is 4.74 Å². The summed E-state index contributed by atoms with van der Waals surface area (Å²) in [5.41, 5.74) is 2.30. The van der Waals surface area contributed by atoms with Gasteiger partial charge in [0.1, 0.15) is 0 Å². The lowest BCUT2D eigenvalue weighted by Gasteiger charge is -2.52. The van der Waals surface area contributed by atoms with Crippen molar-refractivity contribution in [3.05, 3.63) is 0 Å². The number of nitrogens with zero attached hydrogens (tertiary/aromatic N) is 1. The molecule has 1 heterocycles. The van der Waals surface area contributed by atoms with Gasteiger partial charge in [0.05, 0.1) is 21.7 Å². The Kier molecular flexibility index (Phi) is 11.2. The minimum absolute atomic E-state index is 0.00963. The Labute approximate surface area is 301 Å². The van der Waals surface area contributed by atoms with Crippen molar-refractivity contribution in [2.45, 2.75) is 211 Å². The fraction of sp³-hybridized carbons (Fsp3) is 1.00.